The summed E-state index contributed by atoms with van der Waals surface area (Å²) in [7, 11) is -3.72. The standard InChI is InChI=1S/C23H21ClN2O4S/c1-3-20(26(31(2,28)29)17-11-8-15(24)9-12-17)23(27)25-16-10-13-19-18-6-4-5-7-21(18)30-22(19)14-16/h4-14,20H,3H2,1-2H3,(H,25,27)/t20-/m1/s1. The summed E-state index contributed by atoms with van der Waals surface area (Å²) in [5.41, 5.74) is 2.31. The van der Waals surface area contributed by atoms with Crippen molar-refractivity contribution < 1.29 is 17.6 Å². The molecule has 31 heavy (non-hydrogen) atoms. The van der Waals surface area contributed by atoms with Gasteiger partial charge in [0.05, 0.1) is 11.9 Å². The van der Waals surface area contributed by atoms with Gasteiger partial charge in [0.2, 0.25) is 15.9 Å². The smallest absolute Gasteiger partial charge is 0.248 e. The normalized spacial score (nSPS) is 12.7. The molecule has 0 saturated carbocycles. The minimum Gasteiger partial charge on any atom is -0.456 e. The number of halogens is 1. The topological polar surface area (TPSA) is 79.6 Å². The molecule has 3 aromatic carbocycles. The Hall–Kier alpha value is -3.03. The lowest BCUT2D eigenvalue weighted by atomic mass is 10.1. The number of sulfonamides is 1. The van der Waals surface area contributed by atoms with E-state index in [2.05, 4.69) is 5.32 Å². The molecule has 1 aromatic heterocycles. The number of amides is 1. The van der Waals surface area contributed by atoms with Crippen LogP contribution in [0.1, 0.15) is 13.3 Å². The van der Waals surface area contributed by atoms with Crippen molar-refractivity contribution >= 4 is 60.8 Å². The van der Waals surface area contributed by atoms with Crippen LogP contribution in [0.3, 0.4) is 0 Å². The van der Waals surface area contributed by atoms with Crippen LogP contribution in [0.15, 0.2) is 71.1 Å². The van der Waals surface area contributed by atoms with E-state index in [9.17, 15) is 13.2 Å². The quantitative estimate of drug-likeness (QED) is 0.420. The lowest BCUT2D eigenvalue weighted by molar-refractivity contribution is -0.117. The van der Waals surface area contributed by atoms with Gasteiger partial charge in [-0.1, -0.05) is 36.7 Å². The third-order valence-electron chi connectivity index (χ3n) is 5.06. The fourth-order valence-electron chi connectivity index (χ4n) is 3.68. The summed E-state index contributed by atoms with van der Waals surface area (Å²) in [5, 5.41) is 5.25. The van der Waals surface area contributed by atoms with Gasteiger partial charge in [0, 0.05) is 27.5 Å². The fourth-order valence-corrected chi connectivity index (χ4v) is 5.02. The van der Waals surface area contributed by atoms with Gasteiger partial charge in [-0.05, 0) is 48.9 Å². The number of anilines is 2. The molecule has 4 aromatic rings. The second kappa shape index (κ2) is 8.24. The Morgan fingerprint density at radius 1 is 1.03 bits per heavy atom. The number of carbonyl (C=O) groups excluding carboxylic acids is 1. The molecule has 1 heterocycles. The molecule has 160 valence electrons. The Bertz CT molecular complexity index is 1360. The first-order valence-electron chi connectivity index (χ1n) is 9.75. The molecule has 0 aliphatic rings. The predicted molar refractivity (Wildman–Crippen MR) is 125 cm³/mol. The molecule has 1 amide bonds. The largest absolute Gasteiger partial charge is 0.456 e. The lowest BCUT2D eigenvalue weighted by Gasteiger charge is -2.30. The summed E-state index contributed by atoms with van der Waals surface area (Å²) in [6, 6.07) is 18.5. The van der Waals surface area contributed by atoms with Gasteiger partial charge < -0.3 is 9.73 Å². The summed E-state index contributed by atoms with van der Waals surface area (Å²) < 4.78 is 32.1. The summed E-state index contributed by atoms with van der Waals surface area (Å²) in [6.45, 7) is 1.76. The van der Waals surface area contributed by atoms with E-state index in [1.54, 1.807) is 43.3 Å². The summed E-state index contributed by atoms with van der Waals surface area (Å²) in [4.78, 5) is 13.1. The average Bonchev–Trinajstić information content (AvgIpc) is 3.09. The fraction of sp³-hybridized carbons (Fsp3) is 0.174. The highest BCUT2D eigenvalue weighted by Gasteiger charge is 2.31. The Balaban J connectivity index is 1.66. The van der Waals surface area contributed by atoms with Crippen molar-refractivity contribution in [1.29, 1.82) is 0 Å². The lowest BCUT2D eigenvalue weighted by Crippen LogP contribution is -2.46. The van der Waals surface area contributed by atoms with Crippen LogP contribution in [0.4, 0.5) is 11.4 Å². The van der Waals surface area contributed by atoms with Gasteiger partial charge in [-0.3, -0.25) is 9.10 Å². The molecule has 8 heteroatoms. The van der Waals surface area contributed by atoms with Gasteiger partial charge in [0.15, 0.2) is 0 Å². The predicted octanol–water partition coefficient (Wildman–Crippen LogP) is 5.42. The van der Waals surface area contributed by atoms with Gasteiger partial charge in [0.25, 0.3) is 0 Å². The molecule has 6 nitrogen and oxygen atoms in total. The van der Waals surface area contributed by atoms with E-state index in [0.29, 0.717) is 22.0 Å². The zero-order valence-electron chi connectivity index (χ0n) is 17.0. The maximum absolute atomic E-state index is 13.1. The Morgan fingerprint density at radius 2 is 1.71 bits per heavy atom. The maximum atomic E-state index is 13.1. The van der Waals surface area contributed by atoms with Crippen molar-refractivity contribution in [3.05, 3.63) is 71.8 Å². The second-order valence-corrected chi connectivity index (χ2v) is 9.55. The third-order valence-corrected chi connectivity index (χ3v) is 6.49. The molecule has 0 fully saturated rings. The number of hydrogen-bond donors (Lipinski definition) is 1. The van der Waals surface area contributed by atoms with Gasteiger partial charge >= 0.3 is 0 Å². The monoisotopic (exact) mass is 456 g/mol. The summed E-state index contributed by atoms with van der Waals surface area (Å²) in [5.74, 6) is -0.432. The van der Waals surface area contributed by atoms with Crippen LogP contribution in [-0.2, 0) is 14.8 Å². The summed E-state index contributed by atoms with van der Waals surface area (Å²) >= 11 is 5.93. The van der Waals surface area contributed by atoms with Gasteiger partial charge in [-0.2, -0.15) is 0 Å². The van der Waals surface area contributed by atoms with Crippen LogP contribution >= 0.6 is 11.6 Å². The average molecular weight is 457 g/mol. The van der Waals surface area contributed by atoms with E-state index in [4.69, 9.17) is 16.0 Å². The maximum Gasteiger partial charge on any atom is 0.248 e. The number of nitrogens with zero attached hydrogens (tertiary/aromatic N) is 1. The number of carbonyl (C=O) groups is 1. The Kier molecular flexibility index (Phi) is 5.64. The zero-order chi connectivity index (χ0) is 22.2. The van der Waals surface area contributed by atoms with Crippen LogP contribution in [0.25, 0.3) is 21.9 Å². The van der Waals surface area contributed by atoms with Crippen LogP contribution in [0.2, 0.25) is 5.02 Å². The molecule has 0 spiro atoms. The van der Waals surface area contributed by atoms with Crippen molar-refractivity contribution in [3.8, 4) is 0 Å². The first-order chi connectivity index (χ1) is 14.8. The summed E-state index contributed by atoms with van der Waals surface area (Å²) in [6.07, 6.45) is 1.37. The highest BCUT2D eigenvalue weighted by molar-refractivity contribution is 7.92. The number of rotatable bonds is 6. The third kappa shape index (κ3) is 4.24. The van der Waals surface area contributed by atoms with Crippen molar-refractivity contribution in [3.63, 3.8) is 0 Å². The highest BCUT2D eigenvalue weighted by atomic mass is 35.5. The van der Waals surface area contributed by atoms with Crippen LogP contribution in [-0.4, -0.2) is 26.6 Å². The van der Waals surface area contributed by atoms with Gasteiger partial charge in [-0.25, -0.2) is 8.42 Å². The molecule has 0 aliphatic carbocycles. The van der Waals surface area contributed by atoms with E-state index >= 15 is 0 Å². The van der Waals surface area contributed by atoms with E-state index in [1.165, 1.54) is 0 Å². The number of hydrogen-bond acceptors (Lipinski definition) is 4. The van der Waals surface area contributed by atoms with Crippen LogP contribution in [0, 0.1) is 0 Å². The number of nitrogens with one attached hydrogen (secondary N) is 1. The second-order valence-electron chi connectivity index (χ2n) is 7.26. The number of fused-ring (bicyclic) bond motifs is 3. The minimum absolute atomic E-state index is 0.286. The van der Waals surface area contributed by atoms with E-state index in [0.717, 1.165) is 26.9 Å². The Morgan fingerprint density at radius 3 is 2.39 bits per heavy atom. The molecule has 0 unspecified atom stereocenters. The van der Waals surface area contributed by atoms with Crippen molar-refractivity contribution in [2.24, 2.45) is 0 Å². The van der Waals surface area contributed by atoms with Gasteiger partial charge in [0.1, 0.15) is 17.2 Å². The van der Waals surface area contributed by atoms with E-state index in [-0.39, 0.29) is 6.42 Å². The zero-order valence-corrected chi connectivity index (χ0v) is 18.6. The number of furan rings is 1. The van der Waals surface area contributed by atoms with E-state index in [1.807, 2.05) is 30.3 Å². The van der Waals surface area contributed by atoms with Gasteiger partial charge in [-0.15, -0.1) is 0 Å². The van der Waals surface area contributed by atoms with E-state index < -0.39 is 22.0 Å². The Labute approximate surface area is 185 Å². The van der Waals surface area contributed by atoms with Crippen molar-refractivity contribution in [2.45, 2.75) is 19.4 Å². The minimum atomic E-state index is -3.72. The first-order valence-corrected chi connectivity index (χ1v) is 12.0. The van der Waals surface area contributed by atoms with Crippen molar-refractivity contribution in [1.82, 2.24) is 0 Å². The van der Waals surface area contributed by atoms with Crippen molar-refractivity contribution in [2.75, 3.05) is 15.9 Å². The molecule has 0 bridgehead atoms. The molecule has 1 atom stereocenters. The molecule has 1 N–H and O–H groups in total. The molecular formula is C23H21ClN2O4S. The highest BCUT2D eigenvalue weighted by Crippen LogP contribution is 2.31. The molecule has 0 aliphatic heterocycles. The SMILES string of the molecule is CC[C@H](C(=O)Nc1ccc2c(c1)oc1ccccc12)N(c1ccc(Cl)cc1)S(C)(=O)=O. The van der Waals surface area contributed by atoms with Crippen LogP contribution < -0.4 is 9.62 Å². The molecular weight excluding hydrogens is 436 g/mol. The number of para-hydroxylation sites is 1. The first kappa shape index (κ1) is 21.2. The molecule has 4 rings (SSSR count). The molecule has 0 radical (unpaired) electrons. The number of benzene rings is 3. The molecule has 0 saturated heterocycles. The van der Waals surface area contributed by atoms with Crippen LogP contribution in [0.5, 0.6) is 0 Å².